The number of tetrazole rings is 1. The molecule has 0 N–H and O–H groups in total. The zero-order valence-electron chi connectivity index (χ0n) is 16.6. The lowest BCUT2D eigenvalue weighted by atomic mass is 10.2. The monoisotopic (exact) mass is 440 g/mol. The van der Waals surface area contributed by atoms with Crippen LogP contribution in [0, 0.1) is 0 Å². The summed E-state index contributed by atoms with van der Waals surface area (Å²) in [7, 11) is 0. The van der Waals surface area contributed by atoms with Crippen molar-refractivity contribution in [3.8, 4) is 0 Å². The summed E-state index contributed by atoms with van der Waals surface area (Å²) in [6.07, 6.45) is 4.34. The van der Waals surface area contributed by atoms with E-state index >= 15 is 0 Å². The summed E-state index contributed by atoms with van der Waals surface area (Å²) in [6.45, 7) is 4.86. The van der Waals surface area contributed by atoms with E-state index in [1.54, 1.807) is 16.0 Å². The van der Waals surface area contributed by atoms with Gasteiger partial charge in [-0.1, -0.05) is 60.3 Å². The highest BCUT2D eigenvalue weighted by Gasteiger charge is 2.21. The van der Waals surface area contributed by atoms with E-state index in [2.05, 4.69) is 50.8 Å². The van der Waals surface area contributed by atoms with Crippen LogP contribution in [0.3, 0.4) is 0 Å². The Hall–Kier alpha value is -2.49. The molecule has 1 saturated heterocycles. The standard InChI is InChI=1S/C21H24N6OS2/c28-20(17-30-21-22-23-24-27(21)16-19-9-5-15-29-19)26-13-11-25(12-14-26)10-4-8-18-6-2-1-3-7-18/h1-9,15H,10-14,16-17H2. The van der Waals surface area contributed by atoms with Crippen molar-refractivity contribution in [1.82, 2.24) is 30.0 Å². The fourth-order valence-electron chi connectivity index (χ4n) is 3.25. The lowest BCUT2D eigenvalue weighted by Crippen LogP contribution is -2.49. The molecule has 9 heteroatoms. The van der Waals surface area contributed by atoms with Gasteiger partial charge in [-0.3, -0.25) is 9.69 Å². The lowest BCUT2D eigenvalue weighted by molar-refractivity contribution is -0.130. The Morgan fingerprint density at radius 3 is 2.70 bits per heavy atom. The summed E-state index contributed by atoms with van der Waals surface area (Å²) in [5.74, 6) is 0.504. The molecule has 0 spiro atoms. The summed E-state index contributed by atoms with van der Waals surface area (Å²) >= 11 is 3.08. The molecule has 0 aliphatic carbocycles. The first kappa shape index (κ1) is 20.8. The average Bonchev–Trinajstić information content (AvgIpc) is 3.46. The zero-order chi connectivity index (χ0) is 20.6. The molecule has 30 heavy (non-hydrogen) atoms. The molecule has 1 aliphatic rings. The number of nitrogens with zero attached hydrogens (tertiary/aromatic N) is 6. The highest BCUT2D eigenvalue weighted by Crippen LogP contribution is 2.18. The topological polar surface area (TPSA) is 67.2 Å². The fraction of sp³-hybridized carbons (Fsp3) is 0.333. The molecule has 3 aromatic rings. The van der Waals surface area contributed by atoms with Crippen molar-refractivity contribution in [2.75, 3.05) is 38.5 Å². The van der Waals surface area contributed by atoms with Crippen molar-refractivity contribution in [3.05, 3.63) is 64.4 Å². The van der Waals surface area contributed by atoms with Gasteiger partial charge in [0.1, 0.15) is 0 Å². The fourth-order valence-corrected chi connectivity index (χ4v) is 4.71. The van der Waals surface area contributed by atoms with Crippen molar-refractivity contribution >= 4 is 35.1 Å². The van der Waals surface area contributed by atoms with Gasteiger partial charge in [0, 0.05) is 37.6 Å². The summed E-state index contributed by atoms with van der Waals surface area (Å²) in [6, 6.07) is 14.4. The van der Waals surface area contributed by atoms with E-state index in [4.69, 9.17) is 0 Å². The van der Waals surface area contributed by atoms with E-state index in [0.717, 1.165) is 32.7 Å². The maximum atomic E-state index is 12.6. The Morgan fingerprint density at radius 2 is 1.93 bits per heavy atom. The van der Waals surface area contributed by atoms with E-state index in [1.807, 2.05) is 34.5 Å². The number of hydrogen-bond acceptors (Lipinski definition) is 7. The van der Waals surface area contributed by atoms with Gasteiger partial charge in [0.15, 0.2) is 0 Å². The van der Waals surface area contributed by atoms with Crippen LogP contribution < -0.4 is 0 Å². The first-order valence-corrected chi connectivity index (χ1v) is 11.8. The van der Waals surface area contributed by atoms with Crippen molar-refractivity contribution < 1.29 is 4.79 Å². The number of carbonyl (C=O) groups is 1. The molecule has 1 aliphatic heterocycles. The second-order valence-electron chi connectivity index (χ2n) is 6.98. The van der Waals surface area contributed by atoms with Gasteiger partial charge in [-0.25, -0.2) is 4.68 Å². The van der Waals surface area contributed by atoms with E-state index < -0.39 is 0 Å². The van der Waals surface area contributed by atoms with E-state index in [0.29, 0.717) is 17.5 Å². The predicted octanol–water partition coefficient (Wildman–Crippen LogP) is 2.73. The van der Waals surface area contributed by atoms with Gasteiger partial charge in [-0.2, -0.15) is 0 Å². The average molecular weight is 441 g/mol. The molecule has 1 aromatic carbocycles. The minimum atomic E-state index is 0.144. The molecule has 1 amide bonds. The predicted molar refractivity (Wildman–Crippen MR) is 120 cm³/mol. The van der Waals surface area contributed by atoms with Gasteiger partial charge in [0.25, 0.3) is 0 Å². The van der Waals surface area contributed by atoms with Crippen molar-refractivity contribution in [2.45, 2.75) is 11.7 Å². The Kier molecular flexibility index (Phi) is 7.28. The van der Waals surface area contributed by atoms with E-state index in [9.17, 15) is 4.79 Å². The number of rotatable bonds is 8. The highest BCUT2D eigenvalue weighted by atomic mass is 32.2. The number of thioether (sulfide) groups is 1. The number of benzene rings is 1. The molecule has 1 fully saturated rings. The van der Waals surface area contributed by atoms with Gasteiger partial charge in [0.2, 0.25) is 11.1 Å². The van der Waals surface area contributed by atoms with Crippen LogP contribution in [0.5, 0.6) is 0 Å². The van der Waals surface area contributed by atoms with Gasteiger partial charge in [-0.15, -0.1) is 16.4 Å². The summed E-state index contributed by atoms with van der Waals surface area (Å²) in [4.78, 5) is 18.1. The normalized spacial score (nSPS) is 15.1. The number of hydrogen-bond donors (Lipinski definition) is 0. The van der Waals surface area contributed by atoms with E-state index in [1.165, 1.54) is 22.2 Å². The van der Waals surface area contributed by atoms with Gasteiger partial charge in [-0.05, 0) is 27.4 Å². The first-order valence-electron chi connectivity index (χ1n) is 9.91. The largest absolute Gasteiger partial charge is 0.339 e. The van der Waals surface area contributed by atoms with Crippen molar-refractivity contribution in [3.63, 3.8) is 0 Å². The quantitative estimate of drug-likeness (QED) is 0.502. The summed E-state index contributed by atoms with van der Waals surface area (Å²) < 4.78 is 1.75. The number of piperazine rings is 1. The Labute approximate surface area is 184 Å². The van der Waals surface area contributed by atoms with Crippen LogP contribution in [-0.2, 0) is 11.3 Å². The molecule has 0 bridgehead atoms. The van der Waals surface area contributed by atoms with Gasteiger partial charge in [0.05, 0.1) is 12.3 Å². The van der Waals surface area contributed by atoms with Crippen LogP contribution in [-0.4, -0.2) is 74.4 Å². The summed E-state index contributed by atoms with van der Waals surface area (Å²) in [5.41, 5.74) is 1.21. The third kappa shape index (κ3) is 5.78. The van der Waals surface area contributed by atoms with Crippen molar-refractivity contribution in [2.24, 2.45) is 0 Å². The molecule has 2 aromatic heterocycles. The number of carbonyl (C=O) groups excluding carboxylic acids is 1. The van der Waals surface area contributed by atoms with Crippen LogP contribution in [0.2, 0.25) is 0 Å². The molecule has 4 rings (SSSR count). The minimum Gasteiger partial charge on any atom is -0.339 e. The Bertz CT molecular complexity index is 949. The molecule has 156 valence electrons. The Balaban J connectivity index is 1.20. The molecule has 0 atom stereocenters. The maximum Gasteiger partial charge on any atom is 0.233 e. The van der Waals surface area contributed by atoms with Crippen LogP contribution in [0.25, 0.3) is 6.08 Å². The van der Waals surface area contributed by atoms with Crippen LogP contribution in [0.4, 0.5) is 0 Å². The lowest BCUT2D eigenvalue weighted by Gasteiger charge is -2.34. The summed E-state index contributed by atoms with van der Waals surface area (Å²) in [5, 5.41) is 14.6. The molecular weight excluding hydrogens is 416 g/mol. The third-order valence-electron chi connectivity index (χ3n) is 4.91. The minimum absolute atomic E-state index is 0.144. The Morgan fingerprint density at radius 1 is 1.10 bits per heavy atom. The maximum absolute atomic E-state index is 12.6. The van der Waals surface area contributed by atoms with Crippen molar-refractivity contribution in [1.29, 1.82) is 0 Å². The molecule has 7 nitrogen and oxygen atoms in total. The third-order valence-corrected chi connectivity index (χ3v) is 6.71. The SMILES string of the molecule is O=C(CSc1nnnn1Cc1cccs1)N1CCN(CC=Cc2ccccc2)CC1. The zero-order valence-corrected chi connectivity index (χ0v) is 18.3. The van der Waals surface area contributed by atoms with Crippen LogP contribution in [0.15, 0.2) is 59.1 Å². The number of amides is 1. The number of thiophene rings is 1. The second-order valence-corrected chi connectivity index (χ2v) is 8.96. The highest BCUT2D eigenvalue weighted by molar-refractivity contribution is 7.99. The second kappa shape index (κ2) is 10.5. The number of aromatic nitrogens is 4. The van der Waals surface area contributed by atoms with Crippen LogP contribution >= 0.6 is 23.1 Å². The van der Waals surface area contributed by atoms with Gasteiger partial charge >= 0.3 is 0 Å². The molecule has 0 radical (unpaired) electrons. The first-order chi connectivity index (χ1) is 14.8. The molecular formula is C21H24N6OS2. The van der Waals surface area contributed by atoms with Crippen LogP contribution in [0.1, 0.15) is 10.4 Å². The molecule has 0 saturated carbocycles. The van der Waals surface area contributed by atoms with E-state index in [-0.39, 0.29) is 5.91 Å². The molecule has 0 unspecified atom stereocenters. The van der Waals surface area contributed by atoms with Gasteiger partial charge < -0.3 is 4.90 Å². The molecule has 3 heterocycles. The smallest absolute Gasteiger partial charge is 0.233 e.